The van der Waals surface area contributed by atoms with Crippen molar-refractivity contribution in [2.24, 2.45) is 11.8 Å². The average molecular weight is 467 g/mol. The molecule has 1 aromatic heterocycles. The minimum Gasteiger partial charge on any atom is -0.396 e. The van der Waals surface area contributed by atoms with Gasteiger partial charge in [0.1, 0.15) is 0 Å². The molecule has 0 saturated heterocycles. The second kappa shape index (κ2) is 9.81. The number of benzene rings is 2. The van der Waals surface area contributed by atoms with Crippen LogP contribution in [0.5, 0.6) is 0 Å². The lowest BCUT2D eigenvalue weighted by Crippen LogP contribution is -2.41. The Labute approximate surface area is 196 Å². The first-order chi connectivity index (χ1) is 16.3. The van der Waals surface area contributed by atoms with Crippen molar-refractivity contribution in [3.05, 3.63) is 95.3 Å². The Balaban J connectivity index is 1.61. The van der Waals surface area contributed by atoms with E-state index in [1.807, 2.05) is 36.4 Å². The molecule has 1 amide bonds. The van der Waals surface area contributed by atoms with Gasteiger partial charge in [-0.05, 0) is 47.4 Å². The van der Waals surface area contributed by atoms with Crippen LogP contribution in [0, 0.1) is 11.8 Å². The monoisotopic (exact) mass is 466 g/mol. The number of nitrogens with zero attached hydrogens (tertiary/aromatic N) is 1. The lowest BCUT2D eigenvalue weighted by atomic mass is 9.68. The maximum absolute atomic E-state index is 13.0. The SMILES string of the molecule is CNC(=O)C1Cc2ccccc2C(/C=C/c2ccc(-c3cccc(C(F)(F)F)c3)cn2)C1CO. The van der Waals surface area contributed by atoms with Gasteiger partial charge in [-0.15, -0.1) is 0 Å². The van der Waals surface area contributed by atoms with Gasteiger partial charge in [0.2, 0.25) is 5.91 Å². The number of aliphatic hydroxyl groups is 1. The molecule has 34 heavy (non-hydrogen) atoms. The Morgan fingerprint density at radius 3 is 2.59 bits per heavy atom. The van der Waals surface area contributed by atoms with Gasteiger partial charge in [-0.2, -0.15) is 13.2 Å². The lowest BCUT2D eigenvalue weighted by molar-refractivity contribution is -0.137. The maximum atomic E-state index is 13.0. The molecule has 1 aliphatic carbocycles. The summed E-state index contributed by atoms with van der Waals surface area (Å²) in [6, 6.07) is 16.5. The molecule has 7 heteroatoms. The fourth-order valence-corrected chi connectivity index (χ4v) is 4.63. The number of aromatic nitrogens is 1. The molecule has 3 aromatic rings. The fraction of sp³-hybridized carbons (Fsp3) is 0.259. The van der Waals surface area contributed by atoms with Crippen LogP contribution in [0.2, 0.25) is 0 Å². The number of hydrogen-bond donors (Lipinski definition) is 2. The lowest BCUT2D eigenvalue weighted by Gasteiger charge is -2.36. The zero-order chi connectivity index (χ0) is 24.3. The van der Waals surface area contributed by atoms with Crippen LogP contribution in [0.1, 0.15) is 28.3 Å². The van der Waals surface area contributed by atoms with Crippen LogP contribution in [-0.2, 0) is 17.4 Å². The van der Waals surface area contributed by atoms with Crippen LogP contribution in [-0.4, -0.2) is 29.7 Å². The highest BCUT2D eigenvalue weighted by Crippen LogP contribution is 2.41. The largest absolute Gasteiger partial charge is 0.416 e. The molecule has 1 aliphatic rings. The average Bonchev–Trinajstić information content (AvgIpc) is 2.86. The Hall–Kier alpha value is -3.45. The van der Waals surface area contributed by atoms with E-state index in [9.17, 15) is 23.1 Å². The summed E-state index contributed by atoms with van der Waals surface area (Å²) in [5, 5.41) is 12.8. The van der Waals surface area contributed by atoms with Crippen molar-refractivity contribution in [1.82, 2.24) is 10.3 Å². The summed E-state index contributed by atoms with van der Waals surface area (Å²) >= 11 is 0. The first-order valence-corrected chi connectivity index (χ1v) is 11.0. The molecular formula is C27H25F3N2O2. The summed E-state index contributed by atoms with van der Waals surface area (Å²) < 4.78 is 39.1. The number of pyridine rings is 1. The van der Waals surface area contributed by atoms with E-state index in [0.717, 1.165) is 23.3 Å². The van der Waals surface area contributed by atoms with Crippen molar-refractivity contribution in [3.8, 4) is 11.1 Å². The standard InChI is InChI=1S/C27H25F3N2O2/c1-31-26(34)24-14-18-5-2-3-8-22(18)23(25(24)16-33)12-11-21-10-9-19(15-32-21)17-6-4-7-20(13-17)27(28,29)30/h2-13,15,23-25,33H,14,16H2,1H3,(H,31,34)/b12-11+. The Bertz CT molecular complexity index is 1190. The zero-order valence-electron chi connectivity index (χ0n) is 18.6. The summed E-state index contributed by atoms with van der Waals surface area (Å²) in [6.45, 7) is -0.136. The Morgan fingerprint density at radius 1 is 1.12 bits per heavy atom. The highest BCUT2D eigenvalue weighted by atomic mass is 19.4. The fourth-order valence-electron chi connectivity index (χ4n) is 4.63. The number of aliphatic hydroxyl groups excluding tert-OH is 1. The number of halogens is 3. The zero-order valence-corrected chi connectivity index (χ0v) is 18.6. The first kappa shape index (κ1) is 23.7. The van der Waals surface area contributed by atoms with Gasteiger partial charge >= 0.3 is 6.18 Å². The number of nitrogens with one attached hydrogen (secondary N) is 1. The molecule has 3 unspecified atom stereocenters. The van der Waals surface area contributed by atoms with Crippen LogP contribution in [0.15, 0.2) is 72.9 Å². The van der Waals surface area contributed by atoms with Crippen LogP contribution < -0.4 is 5.32 Å². The molecule has 3 atom stereocenters. The highest BCUT2D eigenvalue weighted by Gasteiger charge is 2.38. The van der Waals surface area contributed by atoms with Gasteiger partial charge in [-0.25, -0.2) is 0 Å². The third-order valence-corrected chi connectivity index (χ3v) is 6.41. The minimum atomic E-state index is -4.40. The van der Waals surface area contributed by atoms with Crippen LogP contribution in [0.25, 0.3) is 17.2 Å². The molecule has 1 heterocycles. The number of hydrogen-bond acceptors (Lipinski definition) is 3. The van der Waals surface area contributed by atoms with Crippen molar-refractivity contribution < 1.29 is 23.1 Å². The van der Waals surface area contributed by atoms with Gasteiger partial charge < -0.3 is 10.4 Å². The number of allylic oxidation sites excluding steroid dienone is 1. The van der Waals surface area contributed by atoms with E-state index in [-0.39, 0.29) is 30.3 Å². The van der Waals surface area contributed by atoms with E-state index in [4.69, 9.17) is 0 Å². The number of amides is 1. The normalized spacial score (nSPS) is 20.2. The van der Waals surface area contributed by atoms with Crippen molar-refractivity contribution in [1.29, 1.82) is 0 Å². The maximum Gasteiger partial charge on any atom is 0.416 e. The topological polar surface area (TPSA) is 62.2 Å². The molecule has 0 aliphatic heterocycles. The van der Waals surface area contributed by atoms with Gasteiger partial charge in [0.25, 0.3) is 0 Å². The number of rotatable bonds is 5. The Kier molecular flexibility index (Phi) is 6.84. The molecule has 0 spiro atoms. The van der Waals surface area contributed by atoms with Crippen molar-refractivity contribution in [2.75, 3.05) is 13.7 Å². The molecule has 0 bridgehead atoms. The molecule has 0 fully saturated rings. The number of carbonyl (C=O) groups excluding carboxylic acids is 1. The van der Waals surface area contributed by atoms with E-state index in [1.165, 1.54) is 6.07 Å². The molecule has 0 radical (unpaired) electrons. The van der Waals surface area contributed by atoms with Crippen molar-refractivity contribution in [2.45, 2.75) is 18.5 Å². The summed E-state index contributed by atoms with van der Waals surface area (Å²) in [5.74, 6) is -0.913. The van der Waals surface area contributed by atoms with Crippen molar-refractivity contribution >= 4 is 12.0 Å². The molecule has 176 valence electrons. The summed E-state index contributed by atoms with van der Waals surface area (Å²) in [4.78, 5) is 16.9. The van der Waals surface area contributed by atoms with E-state index in [1.54, 1.807) is 31.4 Å². The number of alkyl halides is 3. The molecule has 4 nitrogen and oxygen atoms in total. The van der Waals surface area contributed by atoms with Gasteiger partial charge in [0.05, 0.1) is 11.3 Å². The Morgan fingerprint density at radius 2 is 1.91 bits per heavy atom. The third-order valence-electron chi connectivity index (χ3n) is 6.41. The second-order valence-electron chi connectivity index (χ2n) is 8.41. The number of fused-ring (bicyclic) bond motifs is 1. The van der Waals surface area contributed by atoms with E-state index in [0.29, 0.717) is 23.2 Å². The molecule has 2 N–H and O–H groups in total. The van der Waals surface area contributed by atoms with E-state index >= 15 is 0 Å². The first-order valence-electron chi connectivity index (χ1n) is 11.0. The van der Waals surface area contributed by atoms with Gasteiger partial charge in [-0.1, -0.05) is 48.5 Å². The summed E-state index contributed by atoms with van der Waals surface area (Å²) in [5.41, 5.74) is 3.09. The summed E-state index contributed by atoms with van der Waals surface area (Å²) in [7, 11) is 1.60. The van der Waals surface area contributed by atoms with Gasteiger partial charge in [-0.3, -0.25) is 9.78 Å². The smallest absolute Gasteiger partial charge is 0.396 e. The third kappa shape index (κ3) is 4.89. The van der Waals surface area contributed by atoms with Crippen LogP contribution in [0.3, 0.4) is 0 Å². The van der Waals surface area contributed by atoms with E-state index < -0.39 is 11.7 Å². The van der Waals surface area contributed by atoms with Crippen molar-refractivity contribution in [3.63, 3.8) is 0 Å². The molecule has 2 aromatic carbocycles. The van der Waals surface area contributed by atoms with Crippen LogP contribution in [0.4, 0.5) is 13.2 Å². The highest BCUT2D eigenvalue weighted by molar-refractivity contribution is 5.80. The minimum absolute atomic E-state index is 0.101. The quantitative estimate of drug-likeness (QED) is 0.551. The van der Waals surface area contributed by atoms with Gasteiger partial charge in [0.15, 0.2) is 0 Å². The predicted molar refractivity (Wildman–Crippen MR) is 125 cm³/mol. The predicted octanol–water partition coefficient (Wildman–Crippen LogP) is 5.09. The summed E-state index contributed by atoms with van der Waals surface area (Å²) in [6.07, 6.45) is 1.47. The van der Waals surface area contributed by atoms with Gasteiger partial charge in [0, 0.05) is 43.2 Å². The molecular weight excluding hydrogens is 441 g/mol. The second-order valence-corrected chi connectivity index (χ2v) is 8.41. The van der Waals surface area contributed by atoms with E-state index in [2.05, 4.69) is 10.3 Å². The molecule has 4 rings (SSSR count). The van der Waals surface area contributed by atoms with Crippen LogP contribution >= 0.6 is 0 Å². The number of carbonyl (C=O) groups is 1. The molecule has 0 saturated carbocycles.